The minimum atomic E-state index is -1.39. The van der Waals surface area contributed by atoms with E-state index in [4.69, 9.17) is 0 Å². The van der Waals surface area contributed by atoms with Crippen molar-refractivity contribution in [3.8, 4) is 11.8 Å². The minimum Gasteiger partial charge on any atom is -0.285 e. The molecular weight excluding hydrogens is 236 g/mol. The topological polar surface area (TPSA) is 17.1 Å². The Hall–Kier alpha value is -1.33. The summed E-state index contributed by atoms with van der Waals surface area (Å²) in [7, 11) is -1.39. The van der Waals surface area contributed by atoms with Crippen molar-refractivity contribution in [2.45, 2.75) is 45.8 Å². The number of hydrogen-bond acceptors (Lipinski definition) is 1. The first-order chi connectivity index (χ1) is 8.45. The highest BCUT2D eigenvalue weighted by Gasteiger charge is 2.18. The van der Waals surface area contributed by atoms with E-state index in [9.17, 15) is 4.79 Å². The third-order valence-corrected chi connectivity index (χ3v) is 4.88. The smallest absolute Gasteiger partial charge is 0.205 e. The zero-order valence-corrected chi connectivity index (χ0v) is 12.8. The van der Waals surface area contributed by atoms with E-state index in [-0.39, 0.29) is 5.78 Å². The highest BCUT2D eigenvalue weighted by molar-refractivity contribution is 6.89. The number of carbonyl (C=O) groups is 1. The van der Waals surface area contributed by atoms with Gasteiger partial charge in [0.2, 0.25) is 5.78 Å². The van der Waals surface area contributed by atoms with Gasteiger partial charge in [0.15, 0.2) is 0 Å². The van der Waals surface area contributed by atoms with Crippen molar-refractivity contribution in [2.75, 3.05) is 0 Å². The second-order valence-electron chi connectivity index (χ2n) is 5.57. The first kappa shape index (κ1) is 14.7. The predicted molar refractivity (Wildman–Crippen MR) is 80.8 cm³/mol. The Bertz CT molecular complexity index is 472. The Balaban J connectivity index is 2.92. The molecular formula is C16H22OSi. The summed E-state index contributed by atoms with van der Waals surface area (Å²) < 4.78 is 0. The number of hydrogen-bond donors (Lipinski definition) is 0. The molecule has 0 N–H and O–H groups in total. The lowest BCUT2D eigenvalue weighted by atomic mass is 10.1. The molecule has 0 saturated heterocycles. The summed E-state index contributed by atoms with van der Waals surface area (Å²) >= 11 is 0. The van der Waals surface area contributed by atoms with Gasteiger partial charge in [0, 0.05) is 12.0 Å². The van der Waals surface area contributed by atoms with Crippen molar-refractivity contribution in [1.82, 2.24) is 0 Å². The zero-order valence-electron chi connectivity index (χ0n) is 11.8. The van der Waals surface area contributed by atoms with Gasteiger partial charge >= 0.3 is 0 Å². The largest absolute Gasteiger partial charge is 0.285 e. The Kier molecular flexibility index (Phi) is 5.37. The van der Waals surface area contributed by atoms with Crippen LogP contribution in [-0.4, -0.2) is 13.9 Å². The summed E-state index contributed by atoms with van der Waals surface area (Å²) in [6.07, 6.45) is 2.56. The normalized spacial score (nSPS) is 10.7. The maximum Gasteiger partial charge on any atom is 0.205 e. The molecule has 0 fully saturated rings. The van der Waals surface area contributed by atoms with Crippen molar-refractivity contribution in [1.29, 1.82) is 0 Å². The quantitative estimate of drug-likeness (QED) is 0.598. The molecule has 0 aliphatic rings. The van der Waals surface area contributed by atoms with Crippen LogP contribution in [-0.2, 0) is 4.79 Å². The lowest BCUT2D eigenvalue weighted by Gasteiger charge is -2.18. The summed E-state index contributed by atoms with van der Waals surface area (Å²) in [6.45, 7) is 8.98. The van der Waals surface area contributed by atoms with E-state index in [1.165, 1.54) is 5.19 Å². The van der Waals surface area contributed by atoms with Crippen LogP contribution >= 0.6 is 0 Å². The molecule has 0 aromatic heterocycles. The van der Waals surface area contributed by atoms with Gasteiger partial charge in [0.1, 0.15) is 0 Å². The van der Waals surface area contributed by atoms with Crippen molar-refractivity contribution >= 4 is 19.0 Å². The van der Waals surface area contributed by atoms with Gasteiger partial charge in [-0.05, 0) is 23.6 Å². The highest BCUT2D eigenvalue weighted by atomic mass is 28.3. The molecule has 0 spiro atoms. The van der Waals surface area contributed by atoms with Crippen LogP contribution in [0, 0.1) is 11.8 Å². The van der Waals surface area contributed by atoms with Gasteiger partial charge in [0.25, 0.3) is 0 Å². The molecule has 0 saturated carbocycles. The number of carbonyl (C=O) groups excluding carboxylic acids is 1. The zero-order chi connectivity index (χ0) is 13.6. The number of benzene rings is 1. The molecule has 1 aromatic carbocycles. The van der Waals surface area contributed by atoms with Crippen molar-refractivity contribution in [2.24, 2.45) is 0 Å². The Morgan fingerprint density at radius 1 is 1.22 bits per heavy atom. The summed E-state index contributed by atoms with van der Waals surface area (Å²) in [6, 6.07) is 8.21. The Morgan fingerprint density at radius 3 is 2.50 bits per heavy atom. The Morgan fingerprint density at radius 2 is 1.89 bits per heavy atom. The first-order valence-corrected chi connectivity index (χ1v) is 10.1. The third kappa shape index (κ3) is 4.50. The number of rotatable bonds is 4. The van der Waals surface area contributed by atoms with Crippen LogP contribution in [0.3, 0.4) is 0 Å². The molecule has 0 unspecified atom stereocenters. The average Bonchev–Trinajstić information content (AvgIpc) is 2.33. The van der Waals surface area contributed by atoms with Gasteiger partial charge in [0.05, 0.1) is 8.07 Å². The van der Waals surface area contributed by atoms with Crippen LogP contribution in [0.4, 0.5) is 0 Å². The maximum absolute atomic E-state index is 11.6. The molecule has 1 rings (SSSR count). The minimum absolute atomic E-state index is 0.0576. The molecule has 0 aliphatic carbocycles. The van der Waals surface area contributed by atoms with Gasteiger partial charge < -0.3 is 0 Å². The van der Waals surface area contributed by atoms with Crippen molar-refractivity contribution < 1.29 is 4.79 Å². The van der Waals surface area contributed by atoms with Gasteiger partial charge in [-0.3, -0.25) is 4.79 Å². The molecule has 1 nitrogen and oxygen atoms in total. The number of ketones is 1. The SMILES string of the molecule is CCCCC(=O)C#Cc1ccccc1[Si](C)(C)C. The summed E-state index contributed by atoms with van der Waals surface area (Å²) in [4.78, 5) is 11.6. The predicted octanol–water partition coefficient (Wildman–Crippen LogP) is 3.34. The fraction of sp³-hybridized carbons (Fsp3) is 0.438. The van der Waals surface area contributed by atoms with Crippen LogP contribution in [0.2, 0.25) is 19.6 Å². The number of Topliss-reactive ketones (excluding diaryl/α,β-unsaturated/α-hetero) is 1. The third-order valence-electron chi connectivity index (χ3n) is 2.83. The lowest BCUT2D eigenvalue weighted by molar-refractivity contribution is -0.113. The molecule has 0 aliphatic heterocycles. The van der Waals surface area contributed by atoms with E-state index in [1.54, 1.807) is 0 Å². The van der Waals surface area contributed by atoms with E-state index in [0.29, 0.717) is 6.42 Å². The summed E-state index contributed by atoms with van der Waals surface area (Å²) in [5.74, 6) is 5.90. The van der Waals surface area contributed by atoms with Gasteiger partial charge in [-0.2, -0.15) is 0 Å². The standard InChI is InChI=1S/C16H22OSi/c1-5-6-10-15(17)13-12-14-9-7-8-11-16(14)18(2,3)4/h7-9,11H,5-6,10H2,1-4H3. The molecule has 0 atom stereocenters. The van der Waals surface area contributed by atoms with E-state index >= 15 is 0 Å². The van der Waals surface area contributed by atoms with Crippen LogP contribution in [0.1, 0.15) is 31.7 Å². The molecule has 0 heterocycles. The van der Waals surface area contributed by atoms with Crippen LogP contribution in [0.25, 0.3) is 0 Å². The number of unbranched alkanes of at least 4 members (excludes halogenated alkanes) is 1. The summed E-state index contributed by atoms with van der Waals surface area (Å²) in [5, 5.41) is 1.33. The highest BCUT2D eigenvalue weighted by Crippen LogP contribution is 2.06. The monoisotopic (exact) mass is 258 g/mol. The molecule has 0 amide bonds. The maximum atomic E-state index is 11.6. The second kappa shape index (κ2) is 6.56. The Labute approximate surface area is 112 Å². The van der Waals surface area contributed by atoms with Crippen molar-refractivity contribution in [3.05, 3.63) is 29.8 Å². The summed E-state index contributed by atoms with van der Waals surface area (Å²) in [5.41, 5.74) is 1.03. The van der Waals surface area contributed by atoms with E-state index in [0.717, 1.165) is 18.4 Å². The van der Waals surface area contributed by atoms with Crippen LogP contribution in [0.15, 0.2) is 24.3 Å². The van der Waals surface area contributed by atoms with E-state index in [2.05, 4.69) is 50.5 Å². The van der Waals surface area contributed by atoms with Crippen LogP contribution in [0.5, 0.6) is 0 Å². The molecule has 2 heteroatoms. The molecule has 0 bridgehead atoms. The fourth-order valence-corrected chi connectivity index (χ4v) is 3.33. The van der Waals surface area contributed by atoms with Gasteiger partial charge in [-0.15, -0.1) is 0 Å². The van der Waals surface area contributed by atoms with E-state index < -0.39 is 8.07 Å². The second-order valence-corrected chi connectivity index (χ2v) is 10.6. The first-order valence-electron chi connectivity index (χ1n) is 6.59. The van der Waals surface area contributed by atoms with E-state index in [1.807, 2.05) is 12.1 Å². The van der Waals surface area contributed by atoms with Gasteiger partial charge in [-0.1, -0.05) is 57.1 Å². The fourth-order valence-electron chi connectivity index (χ4n) is 1.78. The lowest BCUT2D eigenvalue weighted by Crippen LogP contribution is -2.39. The van der Waals surface area contributed by atoms with Gasteiger partial charge in [-0.25, -0.2) is 0 Å². The van der Waals surface area contributed by atoms with Crippen LogP contribution < -0.4 is 5.19 Å². The average molecular weight is 258 g/mol. The molecule has 96 valence electrons. The van der Waals surface area contributed by atoms with Crippen molar-refractivity contribution in [3.63, 3.8) is 0 Å². The molecule has 0 radical (unpaired) electrons. The molecule has 18 heavy (non-hydrogen) atoms. The molecule has 1 aromatic rings.